The van der Waals surface area contributed by atoms with E-state index in [0.29, 0.717) is 12.0 Å². The lowest BCUT2D eigenvalue weighted by atomic mass is 9.98. The molecule has 1 fully saturated rings. The van der Waals surface area contributed by atoms with Crippen molar-refractivity contribution in [3.8, 4) is 0 Å². The fraction of sp³-hybridized carbons (Fsp3) is 0.700. The van der Waals surface area contributed by atoms with E-state index in [-0.39, 0.29) is 0 Å². The van der Waals surface area contributed by atoms with Gasteiger partial charge in [0.05, 0.1) is 12.3 Å². The lowest BCUT2D eigenvalue weighted by molar-refractivity contribution is 0.0385. The lowest BCUT2D eigenvalue weighted by Gasteiger charge is -2.29. The fourth-order valence-corrected chi connectivity index (χ4v) is 1.75. The molecule has 14 heavy (non-hydrogen) atoms. The van der Waals surface area contributed by atoms with Gasteiger partial charge in [0.25, 0.3) is 0 Å². The van der Waals surface area contributed by atoms with Gasteiger partial charge in [-0.1, -0.05) is 12.1 Å². The summed E-state index contributed by atoms with van der Waals surface area (Å²) < 4.78 is 10.1. The third-order valence-corrected chi connectivity index (χ3v) is 2.68. The minimum absolute atomic E-state index is 0.542. The maximum atomic E-state index is 5.37. The van der Waals surface area contributed by atoms with Crippen LogP contribution in [0.1, 0.15) is 19.0 Å². The second kappa shape index (κ2) is 4.57. The summed E-state index contributed by atoms with van der Waals surface area (Å²) in [6.07, 6.45) is 2.68. The lowest BCUT2D eigenvalue weighted by Crippen LogP contribution is -2.41. The van der Waals surface area contributed by atoms with Crippen LogP contribution in [-0.2, 0) is 11.3 Å². The van der Waals surface area contributed by atoms with E-state index >= 15 is 0 Å². The topological polar surface area (TPSA) is 47.3 Å². The molecule has 0 aromatic carbocycles. The normalized spacial score (nSPS) is 27.8. The first kappa shape index (κ1) is 9.68. The SMILES string of the molecule is CC1COCCC1NCc1ccon1. The van der Waals surface area contributed by atoms with Gasteiger partial charge in [-0.25, -0.2) is 0 Å². The molecule has 0 spiro atoms. The Bertz CT molecular complexity index is 261. The third-order valence-electron chi connectivity index (χ3n) is 2.68. The number of aromatic nitrogens is 1. The van der Waals surface area contributed by atoms with Crippen molar-refractivity contribution in [2.45, 2.75) is 25.9 Å². The number of ether oxygens (including phenoxy) is 1. The molecule has 4 heteroatoms. The van der Waals surface area contributed by atoms with Crippen molar-refractivity contribution < 1.29 is 9.26 Å². The van der Waals surface area contributed by atoms with Crippen LogP contribution in [0.2, 0.25) is 0 Å². The maximum absolute atomic E-state index is 5.37. The minimum atomic E-state index is 0.542. The zero-order chi connectivity index (χ0) is 9.80. The molecule has 0 aliphatic carbocycles. The molecule has 0 amide bonds. The van der Waals surface area contributed by atoms with Crippen LogP contribution in [0.25, 0.3) is 0 Å². The molecule has 2 unspecified atom stereocenters. The summed E-state index contributed by atoms with van der Waals surface area (Å²) in [4.78, 5) is 0. The van der Waals surface area contributed by atoms with E-state index in [2.05, 4.69) is 17.4 Å². The standard InChI is InChI=1S/C10H16N2O2/c1-8-7-13-4-3-10(8)11-6-9-2-5-14-12-9/h2,5,8,10-11H,3-4,6-7H2,1H3. The Morgan fingerprint density at radius 1 is 1.64 bits per heavy atom. The van der Waals surface area contributed by atoms with Gasteiger partial charge in [-0.15, -0.1) is 0 Å². The summed E-state index contributed by atoms with van der Waals surface area (Å²) >= 11 is 0. The smallest absolute Gasteiger partial charge is 0.124 e. The number of nitrogens with zero attached hydrogens (tertiary/aromatic N) is 1. The Hall–Kier alpha value is -0.870. The summed E-state index contributed by atoms with van der Waals surface area (Å²) in [5, 5.41) is 7.33. The molecule has 78 valence electrons. The molecule has 1 aliphatic heterocycles. The average molecular weight is 196 g/mol. The van der Waals surface area contributed by atoms with E-state index in [1.807, 2.05) is 6.07 Å². The molecule has 0 bridgehead atoms. The Morgan fingerprint density at radius 3 is 3.29 bits per heavy atom. The molecule has 4 nitrogen and oxygen atoms in total. The Kier molecular flexibility index (Phi) is 3.16. The molecular formula is C10H16N2O2. The van der Waals surface area contributed by atoms with Crippen molar-refractivity contribution in [1.82, 2.24) is 10.5 Å². The van der Waals surface area contributed by atoms with E-state index < -0.39 is 0 Å². The summed E-state index contributed by atoms with van der Waals surface area (Å²) in [6.45, 7) is 4.71. The van der Waals surface area contributed by atoms with Crippen LogP contribution in [0, 0.1) is 5.92 Å². The van der Waals surface area contributed by atoms with Gasteiger partial charge in [0.2, 0.25) is 0 Å². The van der Waals surface area contributed by atoms with E-state index in [0.717, 1.165) is 31.9 Å². The van der Waals surface area contributed by atoms with Gasteiger partial charge in [-0.05, 0) is 12.3 Å². The molecule has 1 aliphatic rings. The number of nitrogens with one attached hydrogen (secondary N) is 1. The van der Waals surface area contributed by atoms with Crippen molar-refractivity contribution >= 4 is 0 Å². The van der Waals surface area contributed by atoms with Crippen LogP contribution in [0.3, 0.4) is 0 Å². The third kappa shape index (κ3) is 2.33. The maximum Gasteiger partial charge on any atom is 0.124 e. The van der Waals surface area contributed by atoms with Gasteiger partial charge in [-0.3, -0.25) is 0 Å². The van der Waals surface area contributed by atoms with E-state index in [1.54, 1.807) is 6.26 Å². The first-order valence-corrected chi connectivity index (χ1v) is 5.06. The predicted molar refractivity (Wildman–Crippen MR) is 51.7 cm³/mol. The van der Waals surface area contributed by atoms with Gasteiger partial charge in [0.15, 0.2) is 0 Å². The Morgan fingerprint density at radius 2 is 2.57 bits per heavy atom. The predicted octanol–water partition coefficient (Wildman–Crippen LogP) is 1.19. The van der Waals surface area contributed by atoms with Gasteiger partial charge in [-0.2, -0.15) is 0 Å². The van der Waals surface area contributed by atoms with Crippen molar-refractivity contribution in [3.63, 3.8) is 0 Å². The van der Waals surface area contributed by atoms with E-state index in [9.17, 15) is 0 Å². The molecule has 0 saturated carbocycles. The summed E-state index contributed by atoms with van der Waals surface area (Å²) in [6, 6.07) is 2.43. The van der Waals surface area contributed by atoms with Crippen LogP contribution in [0.5, 0.6) is 0 Å². The van der Waals surface area contributed by atoms with Gasteiger partial charge in [0, 0.05) is 25.3 Å². The molecule has 1 saturated heterocycles. The molecule has 0 radical (unpaired) electrons. The van der Waals surface area contributed by atoms with Gasteiger partial charge in [0.1, 0.15) is 6.26 Å². The summed E-state index contributed by atoms with van der Waals surface area (Å²) in [5.74, 6) is 0.579. The monoisotopic (exact) mass is 196 g/mol. The Balaban J connectivity index is 1.79. The molecular weight excluding hydrogens is 180 g/mol. The van der Waals surface area contributed by atoms with E-state index in [4.69, 9.17) is 9.26 Å². The summed E-state index contributed by atoms with van der Waals surface area (Å²) in [5.41, 5.74) is 0.962. The van der Waals surface area contributed by atoms with Crippen LogP contribution in [0.15, 0.2) is 16.9 Å². The Labute approximate surface area is 83.6 Å². The fourth-order valence-electron chi connectivity index (χ4n) is 1.75. The van der Waals surface area contributed by atoms with Gasteiger partial charge < -0.3 is 14.6 Å². The molecule has 2 atom stereocenters. The van der Waals surface area contributed by atoms with Crippen LogP contribution < -0.4 is 5.32 Å². The van der Waals surface area contributed by atoms with Crippen molar-refractivity contribution in [3.05, 3.63) is 18.0 Å². The molecule has 1 aromatic rings. The first-order chi connectivity index (χ1) is 6.86. The van der Waals surface area contributed by atoms with Crippen molar-refractivity contribution in [2.75, 3.05) is 13.2 Å². The number of hydrogen-bond acceptors (Lipinski definition) is 4. The van der Waals surface area contributed by atoms with Crippen LogP contribution in [-0.4, -0.2) is 24.4 Å². The average Bonchev–Trinajstić information content (AvgIpc) is 2.69. The highest BCUT2D eigenvalue weighted by atomic mass is 16.5. The highest BCUT2D eigenvalue weighted by Gasteiger charge is 2.21. The number of rotatable bonds is 3. The molecule has 1 aromatic heterocycles. The quantitative estimate of drug-likeness (QED) is 0.788. The van der Waals surface area contributed by atoms with Crippen LogP contribution in [0.4, 0.5) is 0 Å². The number of hydrogen-bond donors (Lipinski definition) is 1. The largest absolute Gasteiger partial charge is 0.381 e. The highest BCUT2D eigenvalue weighted by molar-refractivity contribution is 4.95. The molecule has 2 rings (SSSR count). The van der Waals surface area contributed by atoms with Crippen molar-refractivity contribution in [2.24, 2.45) is 5.92 Å². The minimum Gasteiger partial charge on any atom is -0.381 e. The van der Waals surface area contributed by atoms with E-state index in [1.165, 1.54) is 0 Å². The second-order valence-electron chi connectivity index (χ2n) is 3.82. The first-order valence-electron chi connectivity index (χ1n) is 5.06. The van der Waals surface area contributed by atoms with Crippen molar-refractivity contribution in [1.29, 1.82) is 0 Å². The highest BCUT2D eigenvalue weighted by Crippen LogP contribution is 2.14. The molecule has 1 N–H and O–H groups in total. The summed E-state index contributed by atoms with van der Waals surface area (Å²) in [7, 11) is 0. The van der Waals surface area contributed by atoms with Crippen LogP contribution >= 0.6 is 0 Å². The van der Waals surface area contributed by atoms with Gasteiger partial charge >= 0.3 is 0 Å². The second-order valence-corrected chi connectivity index (χ2v) is 3.82. The zero-order valence-electron chi connectivity index (χ0n) is 8.40. The zero-order valence-corrected chi connectivity index (χ0v) is 8.40. The molecule has 2 heterocycles.